The molecule has 0 N–H and O–H groups in total. The van der Waals surface area contributed by atoms with Gasteiger partial charge >= 0.3 is 11.9 Å². The first kappa shape index (κ1) is 33.0. The third-order valence-corrected chi connectivity index (χ3v) is 7.63. The Bertz CT molecular complexity index is 831. The predicted molar refractivity (Wildman–Crippen MR) is 146 cm³/mol. The van der Waals surface area contributed by atoms with E-state index in [4.69, 9.17) is 9.47 Å². The van der Waals surface area contributed by atoms with Crippen LogP contribution < -0.4 is 0 Å². The lowest BCUT2D eigenvalue weighted by molar-refractivity contribution is -0.158. The van der Waals surface area contributed by atoms with Gasteiger partial charge in [0.05, 0.1) is 0 Å². The van der Waals surface area contributed by atoms with E-state index in [0.29, 0.717) is 77.8 Å². The Kier molecular flexibility index (Phi) is 13.9. The zero-order valence-electron chi connectivity index (χ0n) is 24.5. The number of esters is 2. The smallest absolute Gasteiger partial charge is 0.329 e. The SMILES string of the molecule is CCN(CC)C(=O)COC(=O)[C@H]1CCCN1C(=O)CCCCC(=O)N1CCC[C@@H]1C(=O)OCC(=O)N(CC)CC. The standard InChI is InChI=1S/C28H46N4O8/c1-5-29(6-2)25(35)19-39-27(37)21-13-11-17-31(21)23(33)15-9-10-16-24(34)32-18-12-14-22(32)28(38)40-20-26(36)30(7-3)8-4/h21-22H,5-20H2,1-4H3/t21-,22-/m1/s1. The van der Waals surface area contributed by atoms with Crippen LogP contribution in [0, 0.1) is 0 Å². The first-order valence-corrected chi connectivity index (χ1v) is 14.7. The molecule has 2 rings (SSSR count). The highest BCUT2D eigenvalue weighted by Gasteiger charge is 2.37. The summed E-state index contributed by atoms with van der Waals surface area (Å²) < 4.78 is 10.4. The Labute approximate surface area is 237 Å². The minimum absolute atomic E-state index is 0.178. The van der Waals surface area contributed by atoms with Crippen molar-refractivity contribution in [2.45, 2.75) is 91.1 Å². The fourth-order valence-corrected chi connectivity index (χ4v) is 5.25. The van der Waals surface area contributed by atoms with Gasteiger partial charge in [0.15, 0.2) is 13.2 Å². The molecule has 0 aliphatic carbocycles. The summed E-state index contributed by atoms with van der Waals surface area (Å²) in [4.78, 5) is 81.2. The Morgan fingerprint density at radius 3 is 1.30 bits per heavy atom. The first-order chi connectivity index (χ1) is 19.2. The fraction of sp³-hybridized carbons (Fsp3) is 0.786. The van der Waals surface area contributed by atoms with Gasteiger partial charge in [0.25, 0.3) is 11.8 Å². The Hall–Kier alpha value is -3.18. The molecule has 2 aliphatic rings. The van der Waals surface area contributed by atoms with E-state index < -0.39 is 24.0 Å². The van der Waals surface area contributed by atoms with Gasteiger partial charge in [0.1, 0.15) is 12.1 Å². The molecule has 226 valence electrons. The molecular formula is C28H46N4O8. The monoisotopic (exact) mass is 566 g/mol. The van der Waals surface area contributed by atoms with Crippen LogP contribution in [0.25, 0.3) is 0 Å². The van der Waals surface area contributed by atoms with E-state index in [-0.39, 0.29) is 49.7 Å². The zero-order valence-corrected chi connectivity index (χ0v) is 24.5. The highest BCUT2D eigenvalue weighted by atomic mass is 16.5. The predicted octanol–water partition coefficient (Wildman–Crippen LogP) is 1.35. The second kappa shape index (κ2) is 16.8. The number of likely N-dealkylation sites (tertiary alicyclic amines) is 2. The van der Waals surface area contributed by atoms with Crippen molar-refractivity contribution >= 4 is 35.6 Å². The van der Waals surface area contributed by atoms with Crippen LogP contribution in [0.1, 0.15) is 79.1 Å². The molecule has 2 fully saturated rings. The van der Waals surface area contributed by atoms with Crippen molar-refractivity contribution in [3.63, 3.8) is 0 Å². The topological polar surface area (TPSA) is 134 Å². The first-order valence-electron chi connectivity index (χ1n) is 14.7. The van der Waals surface area contributed by atoms with Gasteiger partial charge < -0.3 is 29.1 Å². The van der Waals surface area contributed by atoms with Gasteiger partial charge in [-0.3, -0.25) is 19.2 Å². The molecule has 40 heavy (non-hydrogen) atoms. The molecule has 0 spiro atoms. The van der Waals surface area contributed by atoms with Crippen molar-refractivity contribution in [2.24, 2.45) is 0 Å². The van der Waals surface area contributed by atoms with E-state index in [1.807, 2.05) is 27.7 Å². The van der Waals surface area contributed by atoms with Crippen LogP contribution in [0.2, 0.25) is 0 Å². The molecular weight excluding hydrogens is 520 g/mol. The molecule has 12 heteroatoms. The maximum Gasteiger partial charge on any atom is 0.329 e. The number of nitrogens with zero attached hydrogens (tertiary/aromatic N) is 4. The van der Waals surface area contributed by atoms with Crippen LogP contribution in [0.3, 0.4) is 0 Å². The third kappa shape index (κ3) is 9.19. The molecule has 2 heterocycles. The van der Waals surface area contributed by atoms with E-state index in [0.717, 1.165) is 0 Å². The van der Waals surface area contributed by atoms with E-state index in [1.54, 1.807) is 9.80 Å². The molecule has 0 saturated carbocycles. The van der Waals surface area contributed by atoms with Crippen LogP contribution in [0.5, 0.6) is 0 Å². The van der Waals surface area contributed by atoms with Crippen molar-refractivity contribution in [1.82, 2.24) is 19.6 Å². The van der Waals surface area contributed by atoms with Crippen LogP contribution in [0.15, 0.2) is 0 Å². The average molecular weight is 567 g/mol. The molecule has 2 atom stereocenters. The van der Waals surface area contributed by atoms with Crippen LogP contribution in [-0.4, -0.2) is 120 Å². The summed E-state index contributed by atoms with van der Waals surface area (Å²) in [5, 5.41) is 0. The highest BCUT2D eigenvalue weighted by Crippen LogP contribution is 2.22. The summed E-state index contributed by atoms with van der Waals surface area (Å²) in [5.41, 5.74) is 0. The summed E-state index contributed by atoms with van der Waals surface area (Å²) >= 11 is 0. The Morgan fingerprint density at radius 2 is 0.975 bits per heavy atom. The average Bonchev–Trinajstić information content (AvgIpc) is 3.64. The van der Waals surface area contributed by atoms with Crippen molar-refractivity contribution < 1.29 is 38.2 Å². The fourth-order valence-electron chi connectivity index (χ4n) is 5.25. The van der Waals surface area contributed by atoms with Crippen molar-refractivity contribution in [3.8, 4) is 0 Å². The van der Waals surface area contributed by atoms with E-state index in [1.165, 1.54) is 9.80 Å². The number of hydrogen-bond acceptors (Lipinski definition) is 8. The number of carbonyl (C=O) groups excluding carboxylic acids is 6. The summed E-state index contributed by atoms with van der Waals surface area (Å²) in [6.07, 6.45) is 3.66. The Morgan fingerprint density at radius 1 is 0.625 bits per heavy atom. The maximum atomic E-state index is 12.8. The van der Waals surface area contributed by atoms with Crippen molar-refractivity contribution in [1.29, 1.82) is 0 Å². The second-order valence-corrected chi connectivity index (χ2v) is 10.0. The van der Waals surface area contributed by atoms with Gasteiger partial charge in [-0.15, -0.1) is 0 Å². The summed E-state index contributed by atoms with van der Waals surface area (Å²) in [5.74, 6) is -2.01. The summed E-state index contributed by atoms with van der Waals surface area (Å²) in [7, 11) is 0. The third-order valence-electron chi connectivity index (χ3n) is 7.63. The molecule has 12 nitrogen and oxygen atoms in total. The molecule has 4 amide bonds. The van der Waals surface area contributed by atoms with Gasteiger partial charge in [-0.05, 0) is 66.2 Å². The molecule has 0 radical (unpaired) electrons. The number of hydrogen-bond donors (Lipinski definition) is 0. The number of unbranched alkanes of at least 4 members (excludes halogenated alkanes) is 1. The number of likely N-dealkylation sites (N-methyl/N-ethyl adjacent to an activating group) is 2. The zero-order chi connectivity index (χ0) is 29.7. The molecule has 2 aliphatic heterocycles. The van der Waals surface area contributed by atoms with Gasteiger partial charge in [-0.25, -0.2) is 9.59 Å². The van der Waals surface area contributed by atoms with Gasteiger partial charge in [0.2, 0.25) is 11.8 Å². The summed E-state index contributed by atoms with van der Waals surface area (Å²) in [6, 6.07) is -1.38. The number of amides is 4. The van der Waals surface area contributed by atoms with Crippen LogP contribution >= 0.6 is 0 Å². The van der Waals surface area contributed by atoms with E-state index in [2.05, 4.69) is 0 Å². The molecule has 0 aromatic heterocycles. The lowest BCUT2D eigenvalue weighted by atomic mass is 10.1. The molecule has 0 unspecified atom stereocenters. The van der Waals surface area contributed by atoms with Gasteiger partial charge in [-0.1, -0.05) is 0 Å². The second-order valence-electron chi connectivity index (χ2n) is 10.0. The minimum atomic E-state index is -0.691. The van der Waals surface area contributed by atoms with Crippen LogP contribution in [0.4, 0.5) is 0 Å². The molecule has 0 bridgehead atoms. The van der Waals surface area contributed by atoms with Crippen molar-refractivity contribution in [2.75, 3.05) is 52.5 Å². The normalized spacial score (nSPS) is 18.4. The maximum absolute atomic E-state index is 12.8. The lowest BCUT2D eigenvalue weighted by Crippen LogP contribution is -2.43. The number of carbonyl (C=O) groups is 6. The molecule has 2 saturated heterocycles. The molecule has 0 aromatic rings. The quantitative estimate of drug-likeness (QED) is 0.214. The van der Waals surface area contributed by atoms with Crippen molar-refractivity contribution in [3.05, 3.63) is 0 Å². The van der Waals surface area contributed by atoms with Gasteiger partial charge in [0, 0.05) is 52.1 Å². The number of rotatable bonds is 15. The minimum Gasteiger partial charge on any atom is -0.454 e. The largest absolute Gasteiger partial charge is 0.454 e. The van der Waals surface area contributed by atoms with E-state index >= 15 is 0 Å². The van der Waals surface area contributed by atoms with E-state index in [9.17, 15) is 28.8 Å². The highest BCUT2D eigenvalue weighted by molar-refractivity contribution is 5.88. The summed E-state index contributed by atoms with van der Waals surface area (Å²) in [6.45, 7) is 9.77. The van der Waals surface area contributed by atoms with Crippen LogP contribution in [-0.2, 0) is 38.2 Å². The lowest BCUT2D eigenvalue weighted by Gasteiger charge is -2.25. The van der Waals surface area contributed by atoms with Gasteiger partial charge in [-0.2, -0.15) is 0 Å². The number of ether oxygens (including phenoxy) is 2. The Balaban J connectivity index is 1.75. The molecule has 0 aromatic carbocycles.